The summed E-state index contributed by atoms with van der Waals surface area (Å²) < 4.78 is 5.32. The average Bonchev–Trinajstić information content (AvgIpc) is 2.40. The Hall–Kier alpha value is -2.08. The number of nitrogens with two attached hydrogens (primary N) is 2. The van der Waals surface area contributed by atoms with Gasteiger partial charge in [-0.1, -0.05) is 13.3 Å². The van der Waals surface area contributed by atoms with Crippen molar-refractivity contribution in [1.82, 2.24) is 0 Å². The SMILES string of the molecule is CCC[C@H](N)C(=O)Nc1ccc(OCCC(N)=O)cc1. The lowest BCUT2D eigenvalue weighted by Gasteiger charge is -2.11. The third kappa shape index (κ3) is 5.71. The molecule has 0 heterocycles. The van der Waals surface area contributed by atoms with Gasteiger partial charge in [-0.2, -0.15) is 0 Å². The Kier molecular flexibility index (Phi) is 6.52. The highest BCUT2D eigenvalue weighted by molar-refractivity contribution is 5.94. The van der Waals surface area contributed by atoms with Crippen LogP contribution in [0.3, 0.4) is 0 Å². The number of carbonyl (C=O) groups is 2. The van der Waals surface area contributed by atoms with E-state index in [0.717, 1.165) is 6.42 Å². The molecular weight excluding hydrogens is 258 g/mol. The fourth-order valence-corrected chi connectivity index (χ4v) is 1.58. The first-order valence-electron chi connectivity index (χ1n) is 6.60. The summed E-state index contributed by atoms with van der Waals surface area (Å²) in [6.45, 7) is 2.22. The Bertz CT molecular complexity index is 445. The van der Waals surface area contributed by atoms with Crippen LogP contribution in [0.4, 0.5) is 5.69 Å². The molecular formula is C14H21N3O3. The van der Waals surface area contributed by atoms with Crippen LogP contribution in [0.25, 0.3) is 0 Å². The van der Waals surface area contributed by atoms with E-state index >= 15 is 0 Å². The van der Waals surface area contributed by atoms with Crippen molar-refractivity contribution in [2.45, 2.75) is 32.2 Å². The van der Waals surface area contributed by atoms with Crippen LogP contribution < -0.4 is 21.5 Å². The van der Waals surface area contributed by atoms with Crippen LogP contribution in [-0.4, -0.2) is 24.5 Å². The zero-order valence-electron chi connectivity index (χ0n) is 11.6. The highest BCUT2D eigenvalue weighted by Gasteiger charge is 2.12. The number of amides is 2. The van der Waals surface area contributed by atoms with Gasteiger partial charge in [0.15, 0.2) is 0 Å². The normalized spacial score (nSPS) is 11.7. The van der Waals surface area contributed by atoms with Gasteiger partial charge in [-0.25, -0.2) is 0 Å². The van der Waals surface area contributed by atoms with Gasteiger partial charge in [-0.05, 0) is 30.7 Å². The third-order valence-corrected chi connectivity index (χ3v) is 2.68. The van der Waals surface area contributed by atoms with E-state index in [1.54, 1.807) is 24.3 Å². The Morgan fingerprint density at radius 3 is 2.50 bits per heavy atom. The van der Waals surface area contributed by atoms with E-state index in [1.807, 2.05) is 6.92 Å². The van der Waals surface area contributed by atoms with Crippen LogP contribution in [0.1, 0.15) is 26.2 Å². The lowest BCUT2D eigenvalue weighted by Crippen LogP contribution is -2.35. The number of rotatable bonds is 8. The van der Waals surface area contributed by atoms with E-state index in [1.165, 1.54) is 0 Å². The fraction of sp³-hybridized carbons (Fsp3) is 0.429. The summed E-state index contributed by atoms with van der Waals surface area (Å²) in [5.41, 5.74) is 11.4. The van der Waals surface area contributed by atoms with E-state index in [0.29, 0.717) is 17.9 Å². The number of carbonyl (C=O) groups excluding carboxylic acids is 2. The number of primary amides is 1. The number of ether oxygens (including phenoxy) is 1. The standard InChI is InChI=1S/C14H21N3O3/c1-2-3-12(15)14(19)17-10-4-6-11(7-5-10)20-9-8-13(16)18/h4-7,12H,2-3,8-9,15H2,1H3,(H2,16,18)(H,17,19)/t12-/m0/s1. The molecule has 0 saturated carbocycles. The molecule has 0 radical (unpaired) electrons. The van der Waals surface area contributed by atoms with Crippen LogP contribution in [0.5, 0.6) is 5.75 Å². The van der Waals surface area contributed by atoms with Gasteiger partial charge >= 0.3 is 0 Å². The minimum atomic E-state index is -0.494. The van der Waals surface area contributed by atoms with Crippen LogP contribution in [0.2, 0.25) is 0 Å². The lowest BCUT2D eigenvalue weighted by molar-refractivity contribution is -0.119. The summed E-state index contributed by atoms with van der Waals surface area (Å²) >= 11 is 0. The van der Waals surface area contributed by atoms with Crippen molar-refractivity contribution in [2.24, 2.45) is 11.5 Å². The Balaban J connectivity index is 2.45. The molecule has 1 aromatic carbocycles. The van der Waals surface area contributed by atoms with Crippen LogP contribution in [-0.2, 0) is 9.59 Å². The molecule has 0 bridgehead atoms. The first-order valence-corrected chi connectivity index (χ1v) is 6.60. The van der Waals surface area contributed by atoms with Crippen molar-refractivity contribution >= 4 is 17.5 Å². The van der Waals surface area contributed by atoms with Gasteiger partial charge in [-0.3, -0.25) is 9.59 Å². The first kappa shape index (κ1) is 16.0. The summed E-state index contributed by atoms with van der Waals surface area (Å²) in [4.78, 5) is 22.3. The number of anilines is 1. The molecule has 0 spiro atoms. The van der Waals surface area contributed by atoms with E-state index in [9.17, 15) is 9.59 Å². The second-order valence-electron chi connectivity index (χ2n) is 4.47. The predicted molar refractivity (Wildman–Crippen MR) is 77.3 cm³/mol. The summed E-state index contributed by atoms with van der Waals surface area (Å²) in [5.74, 6) is 0.00940. The first-order chi connectivity index (χ1) is 9.52. The van der Waals surface area contributed by atoms with E-state index in [-0.39, 0.29) is 18.9 Å². The Labute approximate surface area is 118 Å². The number of nitrogens with one attached hydrogen (secondary N) is 1. The zero-order valence-corrected chi connectivity index (χ0v) is 11.6. The van der Waals surface area contributed by atoms with Crippen molar-refractivity contribution in [1.29, 1.82) is 0 Å². The van der Waals surface area contributed by atoms with Gasteiger partial charge in [0.2, 0.25) is 11.8 Å². The van der Waals surface area contributed by atoms with Gasteiger partial charge in [0.05, 0.1) is 19.1 Å². The maximum absolute atomic E-state index is 11.7. The van der Waals surface area contributed by atoms with Crippen LogP contribution >= 0.6 is 0 Å². The fourth-order valence-electron chi connectivity index (χ4n) is 1.58. The molecule has 1 aromatic rings. The monoisotopic (exact) mass is 279 g/mol. The smallest absolute Gasteiger partial charge is 0.241 e. The zero-order chi connectivity index (χ0) is 15.0. The average molecular weight is 279 g/mol. The molecule has 0 aliphatic heterocycles. The number of benzene rings is 1. The quantitative estimate of drug-likeness (QED) is 0.660. The van der Waals surface area contributed by atoms with Gasteiger partial charge in [-0.15, -0.1) is 0 Å². The van der Waals surface area contributed by atoms with Crippen molar-refractivity contribution in [2.75, 3.05) is 11.9 Å². The van der Waals surface area contributed by atoms with Gasteiger partial charge < -0.3 is 21.5 Å². The molecule has 0 aromatic heterocycles. The Morgan fingerprint density at radius 1 is 1.30 bits per heavy atom. The summed E-state index contributed by atoms with van der Waals surface area (Å²) in [7, 11) is 0. The highest BCUT2D eigenvalue weighted by atomic mass is 16.5. The van der Waals surface area contributed by atoms with Gasteiger partial charge in [0.1, 0.15) is 5.75 Å². The molecule has 6 nitrogen and oxygen atoms in total. The van der Waals surface area contributed by atoms with Crippen molar-refractivity contribution in [3.8, 4) is 5.75 Å². The minimum Gasteiger partial charge on any atom is -0.493 e. The van der Waals surface area contributed by atoms with E-state index in [2.05, 4.69) is 5.32 Å². The summed E-state index contributed by atoms with van der Waals surface area (Å²) in [6, 6.07) is 6.36. The van der Waals surface area contributed by atoms with Gasteiger partial charge in [0, 0.05) is 5.69 Å². The third-order valence-electron chi connectivity index (χ3n) is 2.68. The second-order valence-corrected chi connectivity index (χ2v) is 4.47. The summed E-state index contributed by atoms with van der Waals surface area (Å²) in [6.07, 6.45) is 1.69. The molecule has 0 fully saturated rings. The molecule has 1 rings (SSSR count). The number of hydrogen-bond acceptors (Lipinski definition) is 4. The number of hydrogen-bond donors (Lipinski definition) is 3. The molecule has 110 valence electrons. The molecule has 0 unspecified atom stereocenters. The van der Waals surface area contributed by atoms with Crippen LogP contribution in [0.15, 0.2) is 24.3 Å². The topological polar surface area (TPSA) is 107 Å². The molecule has 0 aliphatic rings. The van der Waals surface area contributed by atoms with Crippen molar-refractivity contribution in [3.63, 3.8) is 0 Å². The van der Waals surface area contributed by atoms with Crippen molar-refractivity contribution < 1.29 is 14.3 Å². The minimum absolute atomic E-state index is 0.171. The Morgan fingerprint density at radius 2 is 1.95 bits per heavy atom. The van der Waals surface area contributed by atoms with E-state index in [4.69, 9.17) is 16.2 Å². The molecule has 6 heteroatoms. The maximum Gasteiger partial charge on any atom is 0.241 e. The second kappa shape index (κ2) is 8.16. The largest absolute Gasteiger partial charge is 0.493 e. The molecule has 5 N–H and O–H groups in total. The molecule has 2 amide bonds. The molecule has 1 atom stereocenters. The van der Waals surface area contributed by atoms with Crippen LogP contribution in [0, 0.1) is 0 Å². The molecule has 20 heavy (non-hydrogen) atoms. The molecule has 0 saturated heterocycles. The maximum atomic E-state index is 11.7. The van der Waals surface area contributed by atoms with E-state index < -0.39 is 11.9 Å². The van der Waals surface area contributed by atoms with Crippen molar-refractivity contribution in [3.05, 3.63) is 24.3 Å². The highest BCUT2D eigenvalue weighted by Crippen LogP contribution is 2.16. The predicted octanol–water partition coefficient (Wildman–Crippen LogP) is 1.01. The lowest BCUT2D eigenvalue weighted by atomic mass is 10.1. The molecule has 0 aliphatic carbocycles. The summed E-state index contributed by atoms with van der Waals surface area (Å²) in [5, 5.41) is 2.73. The van der Waals surface area contributed by atoms with Gasteiger partial charge in [0.25, 0.3) is 0 Å².